The normalized spacial score (nSPS) is 10.4. The molecule has 0 bridgehead atoms. The Labute approximate surface area is 170 Å². The van der Waals surface area contributed by atoms with Crippen LogP contribution < -0.4 is 5.32 Å². The van der Waals surface area contributed by atoms with Gasteiger partial charge in [-0.1, -0.05) is 30.3 Å². The van der Waals surface area contributed by atoms with E-state index in [-0.39, 0.29) is 19.1 Å². The molecule has 0 aliphatic rings. The molecule has 1 amide bonds. The fourth-order valence-electron chi connectivity index (χ4n) is 2.36. The van der Waals surface area contributed by atoms with Crippen molar-refractivity contribution in [1.29, 1.82) is 0 Å². The van der Waals surface area contributed by atoms with Crippen LogP contribution in [0.15, 0.2) is 59.0 Å². The van der Waals surface area contributed by atoms with Crippen molar-refractivity contribution >= 4 is 34.5 Å². The molecule has 0 spiro atoms. The fraction of sp³-hybridized carbons (Fsp3) is 0.150. The minimum Gasteiger partial charge on any atom is -0.458 e. The van der Waals surface area contributed by atoms with Gasteiger partial charge in [0.25, 0.3) is 5.91 Å². The molecule has 1 aromatic heterocycles. The predicted molar refractivity (Wildman–Crippen MR) is 108 cm³/mol. The topological polar surface area (TPSA) is 81.4 Å². The summed E-state index contributed by atoms with van der Waals surface area (Å²) in [5, 5.41) is 2.56. The molecule has 1 heterocycles. The Kier molecular flexibility index (Phi) is 6.23. The van der Waals surface area contributed by atoms with Gasteiger partial charge in [-0.3, -0.25) is 9.59 Å². The quantitative estimate of drug-likeness (QED) is 0.433. The molecule has 138 valence electrons. The first kappa shape index (κ1) is 19.1. The summed E-state index contributed by atoms with van der Waals surface area (Å²) in [6, 6.07) is 16.6. The second kappa shape index (κ2) is 8.81. The third-order valence-electron chi connectivity index (χ3n) is 3.80. The van der Waals surface area contributed by atoms with Gasteiger partial charge in [-0.2, -0.15) is 0 Å². The molecule has 27 heavy (non-hydrogen) atoms. The van der Waals surface area contributed by atoms with Crippen LogP contribution in [-0.4, -0.2) is 23.4 Å². The van der Waals surface area contributed by atoms with E-state index in [9.17, 15) is 9.59 Å². The lowest BCUT2D eigenvalue weighted by Gasteiger charge is -2.07. The average Bonchev–Trinajstić information content (AvgIpc) is 3.06. The highest BCUT2D eigenvalue weighted by Gasteiger charge is 2.15. The molecule has 0 unspecified atom stereocenters. The van der Waals surface area contributed by atoms with Crippen molar-refractivity contribution in [3.63, 3.8) is 0 Å². The molecule has 0 saturated carbocycles. The first-order valence-electron chi connectivity index (χ1n) is 8.24. The van der Waals surface area contributed by atoms with E-state index in [1.54, 1.807) is 19.1 Å². The molecule has 0 radical (unpaired) electrons. The van der Waals surface area contributed by atoms with E-state index in [0.29, 0.717) is 22.9 Å². The van der Waals surface area contributed by atoms with Gasteiger partial charge in [0.1, 0.15) is 24.6 Å². The van der Waals surface area contributed by atoms with E-state index in [4.69, 9.17) is 9.15 Å². The summed E-state index contributed by atoms with van der Waals surface area (Å²) in [4.78, 5) is 28.4. The molecule has 0 saturated heterocycles. The lowest BCUT2D eigenvalue weighted by Crippen LogP contribution is -2.31. The largest absolute Gasteiger partial charge is 0.458 e. The van der Waals surface area contributed by atoms with Gasteiger partial charge < -0.3 is 14.5 Å². The highest BCUT2D eigenvalue weighted by molar-refractivity contribution is 14.1. The number of oxazole rings is 1. The molecular weight excluding hydrogens is 459 g/mol. The molecule has 0 fully saturated rings. The molecule has 2 aromatic carbocycles. The number of carbonyl (C=O) groups is 2. The Bertz CT molecular complexity index is 954. The van der Waals surface area contributed by atoms with E-state index in [1.165, 1.54) is 0 Å². The van der Waals surface area contributed by atoms with Gasteiger partial charge in [-0.25, -0.2) is 4.98 Å². The van der Waals surface area contributed by atoms with E-state index in [2.05, 4.69) is 32.9 Å². The van der Waals surface area contributed by atoms with Gasteiger partial charge in [-0.05, 0) is 53.8 Å². The number of hydrogen-bond acceptors (Lipinski definition) is 5. The highest BCUT2D eigenvalue weighted by atomic mass is 127. The maximum Gasteiger partial charge on any atom is 0.325 e. The summed E-state index contributed by atoms with van der Waals surface area (Å²) in [7, 11) is 0. The zero-order chi connectivity index (χ0) is 19.2. The smallest absolute Gasteiger partial charge is 0.325 e. The van der Waals surface area contributed by atoms with Crippen molar-refractivity contribution in [2.75, 3.05) is 6.54 Å². The van der Waals surface area contributed by atoms with Crippen molar-refractivity contribution < 1.29 is 18.7 Å². The summed E-state index contributed by atoms with van der Waals surface area (Å²) in [6.07, 6.45) is 0. The van der Waals surface area contributed by atoms with Crippen LogP contribution in [-0.2, 0) is 16.1 Å². The summed E-state index contributed by atoms with van der Waals surface area (Å²) in [5.74, 6) is 0.203. The lowest BCUT2D eigenvalue weighted by atomic mass is 10.2. The second-order valence-corrected chi connectivity index (χ2v) is 6.87. The van der Waals surface area contributed by atoms with E-state index >= 15 is 0 Å². The maximum atomic E-state index is 12.1. The van der Waals surface area contributed by atoms with E-state index in [1.807, 2.05) is 42.5 Å². The summed E-state index contributed by atoms with van der Waals surface area (Å²) < 4.78 is 11.6. The molecule has 3 rings (SSSR count). The number of carbonyl (C=O) groups excluding carboxylic acids is 2. The maximum absolute atomic E-state index is 12.1. The molecule has 6 nitrogen and oxygen atoms in total. The fourth-order valence-corrected chi connectivity index (χ4v) is 2.99. The monoisotopic (exact) mass is 476 g/mol. The number of nitrogens with zero attached hydrogens (tertiary/aromatic N) is 1. The second-order valence-electron chi connectivity index (χ2n) is 5.71. The summed E-state index contributed by atoms with van der Waals surface area (Å²) in [5.41, 5.74) is 1.92. The first-order chi connectivity index (χ1) is 13.0. The molecular formula is C20H17IN2O4. The van der Waals surface area contributed by atoms with Gasteiger partial charge in [0.15, 0.2) is 0 Å². The molecule has 0 aliphatic carbocycles. The Morgan fingerprint density at radius 3 is 2.56 bits per heavy atom. The number of nitrogens with one attached hydrogen (secondary N) is 1. The first-order valence-corrected chi connectivity index (χ1v) is 9.32. The summed E-state index contributed by atoms with van der Waals surface area (Å²) in [6.45, 7) is 1.54. The van der Waals surface area contributed by atoms with Crippen LogP contribution in [0.2, 0.25) is 0 Å². The minimum absolute atomic E-state index is 0.0141. The zero-order valence-corrected chi connectivity index (χ0v) is 16.7. The Morgan fingerprint density at radius 1 is 1.11 bits per heavy atom. The van der Waals surface area contributed by atoms with Crippen LogP contribution in [0.3, 0.4) is 0 Å². The number of benzene rings is 2. The van der Waals surface area contributed by atoms with Crippen LogP contribution in [0.5, 0.6) is 0 Å². The van der Waals surface area contributed by atoms with Gasteiger partial charge >= 0.3 is 5.97 Å². The average molecular weight is 476 g/mol. The standard InChI is InChI=1S/C20H17IN2O4/c1-13-17(23-20(27-13)14-7-3-2-4-8-14)12-26-18(24)11-22-19(25)15-9-5-6-10-16(15)21/h2-10H,11-12H2,1H3,(H,22,25). The van der Waals surface area contributed by atoms with Crippen LogP contribution in [0.4, 0.5) is 0 Å². The van der Waals surface area contributed by atoms with Crippen LogP contribution in [0.1, 0.15) is 21.8 Å². The molecule has 7 heteroatoms. The number of amides is 1. The van der Waals surface area contributed by atoms with E-state index in [0.717, 1.165) is 9.13 Å². The third kappa shape index (κ3) is 4.94. The van der Waals surface area contributed by atoms with Crippen LogP contribution in [0.25, 0.3) is 11.5 Å². The third-order valence-corrected chi connectivity index (χ3v) is 4.74. The Morgan fingerprint density at radius 2 is 1.81 bits per heavy atom. The molecule has 0 atom stereocenters. The molecule has 1 N–H and O–H groups in total. The Balaban J connectivity index is 1.53. The number of halogens is 1. The predicted octanol–water partition coefficient (Wildman–Crippen LogP) is 3.73. The van der Waals surface area contributed by atoms with E-state index < -0.39 is 5.97 Å². The number of esters is 1. The van der Waals surface area contributed by atoms with Crippen LogP contribution >= 0.6 is 22.6 Å². The molecule has 3 aromatic rings. The van der Waals surface area contributed by atoms with Gasteiger partial charge in [-0.15, -0.1) is 0 Å². The van der Waals surface area contributed by atoms with Gasteiger partial charge in [0, 0.05) is 9.13 Å². The number of ether oxygens (including phenoxy) is 1. The van der Waals surface area contributed by atoms with Crippen molar-refractivity contribution in [1.82, 2.24) is 10.3 Å². The number of aryl methyl sites for hydroxylation is 1. The van der Waals surface area contributed by atoms with Gasteiger partial charge in [0.05, 0.1) is 5.56 Å². The summed E-state index contributed by atoms with van der Waals surface area (Å²) >= 11 is 2.07. The minimum atomic E-state index is -0.544. The van der Waals surface area contributed by atoms with Crippen molar-refractivity contribution in [2.45, 2.75) is 13.5 Å². The van der Waals surface area contributed by atoms with Crippen molar-refractivity contribution in [3.8, 4) is 11.5 Å². The van der Waals surface area contributed by atoms with Crippen LogP contribution in [0, 0.1) is 10.5 Å². The molecule has 0 aliphatic heterocycles. The highest BCUT2D eigenvalue weighted by Crippen LogP contribution is 2.21. The van der Waals surface area contributed by atoms with Crippen molar-refractivity contribution in [3.05, 3.63) is 75.2 Å². The number of aromatic nitrogens is 1. The van der Waals surface area contributed by atoms with Crippen molar-refractivity contribution in [2.24, 2.45) is 0 Å². The number of hydrogen-bond donors (Lipinski definition) is 1. The lowest BCUT2D eigenvalue weighted by molar-refractivity contribution is -0.143. The SMILES string of the molecule is Cc1oc(-c2ccccc2)nc1COC(=O)CNC(=O)c1ccccc1I. The Hall–Kier alpha value is -2.68. The number of rotatable bonds is 6. The van der Waals surface area contributed by atoms with Gasteiger partial charge in [0.2, 0.25) is 5.89 Å². The zero-order valence-electron chi connectivity index (χ0n) is 14.6.